The summed E-state index contributed by atoms with van der Waals surface area (Å²) in [5.74, 6) is 1.68. The number of benzene rings is 2. The highest BCUT2D eigenvalue weighted by molar-refractivity contribution is 5.48. The van der Waals surface area contributed by atoms with Gasteiger partial charge in [-0.2, -0.15) is 5.10 Å². The zero-order valence-electron chi connectivity index (χ0n) is 14.1. The number of para-hydroxylation sites is 1. The molecule has 0 saturated heterocycles. The summed E-state index contributed by atoms with van der Waals surface area (Å²) in [5.41, 5.74) is 3.41. The van der Waals surface area contributed by atoms with E-state index in [4.69, 9.17) is 9.47 Å². The lowest BCUT2D eigenvalue weighted by Gasteiger charge is -2.27. The Bertz CT molecular complexity index is 831. The van der Waals surface area contributed by atoms with E-state index in [-0.39, 0.29) is 6.04 Å². The fourth-order valence-electron chi connectivity index (χ4n) is 3.06. The third-order valence-electron chi connectivity index (χ3n) is 4.39. The lowest BCUT2D eigenvalue weighted by atomic mass is 10.0. The van der Waals surface area contributed by atoms with Gasteiger partial charge in [-0.15, -0.1) is 0 Å². The number of ether oxygens (including phenoxy) is 2. The van der Waals surface area contributed by atoms with Gasteiger partial charge in [-0.25, -0.2) is 9.67 Å². The van der Waals surface area contributed by atoms with Gasteiger partial charge in [-0.05, 0) is 35.7 Å². The Hall–Kier alpha value is -2.86. The summed E-state index contributed by atoms with van der Waals surface area (Å²) >= 11 is 0. The van der Waals surface area contributed by atoms with E-state index in [1.807, 2.05) is 24.3 Å². The summed E-state index contributed by atoms with van der Waals surface area (Å²) in [5, 5.41) is 7.70. The zero-order chi connectivity index (χ0) is 17.1. The minimum atomic E-state index is 0.287. The minimum absolute atomic E-state index is 0.287. The van der Waals surface area contributed by atoms with Crippen molar-refractivity contribution in [1.29, 1.82) is 0 Å². The first-order valence-electron chi connectivity index (χ1n) is 8.29. The number of hydrogen-bond acceptors (Lipinski definition) is 5. The van der Waals surface area contributed by atoms with Gasteiger partial charge in [0, 0.05) is 12.6 Å². The molecule has 0 radical (unpaired) electrons. The topological polar surface area (TPSA) is 61.2 Å². The molecule has 0 aliphatic carbocycles. The maximum Gasteiger partial charge on any atom is 0.164 e. The molecule has 1 aromatic heterocycles. The number of methoxy groups -OCH3 is 1. The summed E-state index contributed by atoms with van der Waals surface area (Å²) < 4.78 is 13.0. The van der Waals surface area contributed by atoms with Gasteiger partial charge in [-0.1, -0.05) is 24.3 Å². The molecule has 2 aromatic carbocycles. The van der Waals surface area contributed by atoms with Gasteiger partial charge in [0.15, 0.2) is 11.5 Å². The molecule has 4 rings (SSSR count). The van der Waals surface area contributed by atoms with Crippen LogP contribution in [-0.4, -0.2) is 34.5 Å². The summed E-state index contributed by atoms with van der Waals surface area (Å²) in [6.07, 6.45) is 4.16. The maximum atomic E-state index is 5.91. The Labute approximate surface area is 146 Å². The van der Waals surface area contributed by atoms with Crippen molar-refractivity contribution >= 4 is 0 Å². The van der Waals surface area contributed by atoms with Gasteiger partial charge in [-0.3, -0.25) is 0 Å². The Morgan fingerprint density at radius 1 is 1.24 bits per heavy atom. The third kappa shape index (κ3) is 3.34. The Morgan fingerprint density at radius 3 is 2.88 bits per heavy atom. The van der Waals surface area contributed by atoms with E-state index in [2.05, 4.69) is 33.6 Å². The molecule has 0 saturated carbocycles. The van der Waals surface area contributed by atoms with Crippen LogP contribution >= 0.6 is 0 Å². The summed E-state index contributed by atoms with van der Waals surface area (Å²) in [6, 6.07) is 14.6. The molecule has 1 aliphatic rings. The van der Waals surface area contributed by atoms with Crippen LogP contribution in [0.2, 0.25) is 0 Å². The van der Waals surface area contributed by atoms with E-state index in [0.717, 1.165) is 30.2 Å². The van der Waals surface area contributed by atoms with Gasteiger partial charge >= 0.3 is 0 Å². The van der Waals surface area contributed by atoms with Crippen LogP contribution in [-0.2, 0) is 13.0 Å². The number of nitrogens with zero attached hydrogens (tertiary/aromatic N) is 3. The SMILES string of the molecule is COc1cccc2c1OCC(NCc1ccc(-n3cncn3)cc1)C2. The van der Waals surface area contributed by atoms with Crippen molar-refractivity contribution in [1.82, 2.24) is 20.1 Å². The molecule has 1 atom stereocenters. The van der Waals surface area contributed by atoms with Crippen molar-refractivity contribution in [3.05, 3.63) is 66.2 Å². The average molecular weight is 336 g/mol. The second-order valence-corrected chi connectivity index (χ2v) is 6.05. The van der Waals surface area contributed by atoms with Crippen LogP contribution in [0.25, 0.3) is 5.69 Å². The Morgan fingerprint density at radius 2 is 2.12 bits per heavy atom. The van der Waals surface area contributed by atoms with E-state index in [0.29, 0.717) is 6.61 Å². The summed E-state index contributed by atoms with van der Waals surface area (Å²) in [6.45, 7) is 1.44. The zero-order valence-corrected chi connectivity index (χ0v) is 14.1. The molecule has 0 amide bonds. The second kappa shape index (κ2) is 6.94. The lowest BCUT2D eigenvalue weighted by molar-refractivity contribution is 0.226. The normalized spacial score (nSPS) is 16.1. The standard InChI is InChI=1S/C19H20N4O2/c1-24-18-4-2-3-15-9-16(11-25-19(15)18)21-10-14-5-7-17(8-6-14)23-13-20-12-22-23/h2-8,12-13,16,21H,9-11H2,1H3. The van der Waals surface area contributed by atoms with Crippen molar-refractivity contribution in [2.45, 2.75) is 19.0 Å². The van der Waals surface area contributed by atoms with Gasteiger partial charge in [0.1, 0.15) is 19.3 Å². The van der Waals surface area contributed by atoms with Crippen molar-refractivity contribution in [3.8, 4) is 17.2 Å². The Kier molecular flexibility index (Phi) is 4.35. The summed E-state index contributed by atoms with van der Waals surface area (Å²) in [4.78, 5) is 3.97. The fraction of sp³-hybridized carbons (Fsp3) is 0.263. The smallest absolute Gasteiger partial charge is 0.164 e. The van der Waals surface area contributed by atoms with Gasteiger partial charge < -0.3 is 14.8 Å². The molecular formula is C19H20N4O2. The predicted molar refractivity (Wildman–Crippen MR) is 94.2 cm³/mol. The molecule has 6 heteroatoms. The maximum absolute atomic E-state index is 5.91. The molecule has 1 unspecified atom stereocenters. The molecule has 1 N–H and O–H groups in total. The number of fused-ring (bicyclic) bond motifs is 1. The first kappa shape index (κ1) is 15.7. The van der Waals surface area contributed by atoms with E-state index >= 15 is 0 Å². The lowest BCUT2D eigenvalue weighted by Crippen LogP contribution is -2.38. The highest BCUT2D eigenvalue weighted by Gasteiger charge is 2.22. The molecule has 25 heavy (non-hydrogen) atoms. The predicted octanol–water partition coefficient (Wildman–Crippen LogP) is 2.37. The number of hydrogen-bond donors (Lipinski definition) is 1. The van der Waals surface area contributed by atoms with E-state index < -0.39 is 0 Å². The molecule has 3 aromatic rings. The van der Waals surface area contributed by atoms with Crippen LogP contribution in [0.1, 0.15) is 11.1 Å². The Balaban J connectivity index is 1.37. The van der Waals surface area contributed by atoms with Crippen molar-refractivity contribution < 1.29 is 9.47 Å². The van der Waals surface area contributed by atoms with Crippen LogP contribution in [0.3, 0.4) is 0 Å². The third-order valence-corrected chi connectivity index (χ3v) is 4.39. The molecule has 0 spiro atoms. The quantitative estimate of drug-likeness (QED) is 0.775. The summed E-state index contributed by atoms with van der Waals surface area (Å²) in [7, 11) is 1.67. The van der Waals surface area contributed by atoms with Gasteiger partial charge in [0.05, 0.1) is 12.8 Å². The molecular weight excluding hydrogens is 316 g/mol. The second-order valence-electron chi connectivity index (χ2n) is 6.05. The van der Waals surface area contributed by atoms with Crippen molar-refractivity contribution in [2.24, 2.45) is 0 Å². The van der Waals surface area contributed by atoms with Gasteiger partial charge in [0.25, 0.3) is 0 Å². The first-order valence-corrected chi connectivity index (χ1v) is 8.29. The monoisotopic (exact) mass is 336 g/mol. The van der Waals surface area contributed by atoms with Crippen LogP contribution in [0.5, 0.6) is 11.5 Å². The van der Waals surface area contributed by atoms with Crippen LogP contribution in [0.15, 0.2) is 55.1 Å². The van der Waals surface area contributed by atoms with Crippen LogP contribution in [0, 0.1) is 0 Å². The number of nitrogens with one attached hydrogen (secondary N) is 1. The van der Waals surface area contributed by atoms with E-state index in [9.17, 15) is 0 Å². The molecule has 0 fully saturated rings. The first-order chi connectivity index (χ1) is 12.3. The molecule has 6 nitrogen and oxygen atoms in total. The largest absolute Gasteiger partial charge is 0.493 e. The van der Waals surface area contributed by atoms with Crippen LogP contribution < -0.4 is 14.8 Å². The molecule has 0 bridgehead atoms. The molecule has 2 heterocycles. The van der Waals surface area contributed by atoms with Crippen molar-refractivity contribution in [3.63, 3.8) is 0 Å². The molecule has 1 aliphatic heterocycles. The van der Waals surface area contributed by atoms with Crippen LogP contribution in [0.4, 0.5) is 0 Å². The number of aromatic nitrogens is 3. The molecule has 128 valence electrons. The van der Waals surface area contributed by atoms with E-state index in [1.165, 1.54) is 17.5 Å². The number of rotatable bonds is 5. The van der Waals surface area contributed by atoms with E-state index in [1.54, 1.807) is 18.1 Å². The highest BCUT2D eigenvalue weighted by atomic mass is 16.5. The average Bonchev–Trinajstić information content (AvgIpc) is 3.21. The van der Waals surface area contributed by atoms with Gasteiger partial charge in [0.2, 0.25) is 0 Å². The minimum Gasteiger partial charge on any atom is -0.493 e. The fourth-order valence-corrected chi connectivity index (χ4v) is 3.06. The highest BCUT2D eigenvalue weighted by Crippen LogP contribution is 2.34. The van der Waals surface area contributed by atoms with Crippen molar-refractivity contribution in [2.75, 3.05) is 13.7 Å².